The molecule has 0 atom stereocenters. The number of nitrogens with zero attached hydrogens (tertiary/aromatic N) is 3. The minimum Gasteiger partial charge on any atom is -0.356 e. The number of hydrogen-bond acceptors (Lipinski definition) is 5. The van der Waals surface area contributed by atoms with Crippen molar-refractivity contribution in [1.82, 2.24) is 20.1 Å². The van der Waals surface area contributed by atoms with Gasteiger partial charge in [-0.3, -0.25) is 19.6 Å². The molecule has 0 saturated heterocycles. The smallest absolute Gasteiger partial charge is 0.260 e. The fourth-order valence-corrected chi connectivity index (χ4v) is 3.09. The first kappa shape index (κ1) is 18.7. The topological polar surface area (TPSA) is 88.9 Å². The van der Waals surface area contributed by atoms with Gasteiger partial charge in [0.2, 0.25) is 5.91 Å². The molecule has 0 aliphatic carbocycles. The Morgan fingerprint density at radius 3 is 2.85 bits per heavy atom. The van der Waals surface area contributed by atoms with Gasteiger partial charge >= 0.3 is 0 Å². The second-order valence-electron chi connectivity index (χ2n) is 5.73. The lowest BCUT2D eigenvalue weighted by Gasteiger charge is -2.04. The molecule has 2 heterocycles. The second kappa shape index (κ2) is 9.04. The Labute approximate surface area is 159 Å². The molecule has 0 spiro atoms. The second-order valence-corrected chi connectivity index (χ2v) is 6.59. The van der Waals surface area contributed by atoms with Crippen LogP contribution in [0.4, 0.5) is 9.52 Å². The van der Waals surface area contributed by atoms with E-state index in [1.807, 2.05) is 12.3 Å². The van der Waals surface area contributed by atoms with Crippen molar-refractivity contribution in [2.24, 2.45) is 0 Å². The number of hydrogen-bond donors (Lipinski definition) is 2. The number of carbonyl (C=O) groups is 2. The number of halogens is 1. The van der Waals surface area contributed by atoms with E-state index in [0.29, 0.717) is 17.4 Å². The van der Waals surface area contributed by atoms with Crippen molar-refractivity contribution in [1.29, 1.82) is 0 Å². The summed E-state index contributed by atoms with van der Waals surface area (Å²) in [7, 11) is 0. The largest absolute Gasteiger partial charge is 0.356 e. The van der Waals surface area contributed by atoms with Gasteiger partial charge in [0.15, 0.2) is 5.13 Å². The minimum atomic E-state index is -0.596. The molecule has 0 bridgehead atoms. The first-order chi connectivity index (χ1) is 13.1. The third kappa shape index (κ3) is 5.45. The van der Waals surface area contributed by atoms with Crippen LogP contribution in [0, 0.1) is 5.82 Å². The number of aryl methyl sites for hydroxylation is 1. The van der Waals surface area contributed by atoms with Gasteiger partial charge in [-0.2, -0.15) is 5.10 Å². The van der Waals surface area contributed by atoms with Crippen LogP contribution in [0.3, 0.4) is 0 Å². The molecule has 140 valence electrons. The molecule has 2 N–H and O–H groups in total. The van der Waals surface area contributed by atoms with E-state index < -0.39 is 11.7 Å². The van der Waals surface area contributed by atoms with Gasteiger partial charge in [-0.15, -0.1) is 11.3 Å². The minimum absolute atomic E-state index is 0.0517. The van der Waals surface area contributed by atoms with E-state index in [9.17, 15) is 14.0 Å². The molecule has 0 unspecified atom stereocenters. The van der Waals surface area contributed by atoms with Gasteiger partial charge in [0.05, 0.1) is 17.7 Å². The van der Waals surface area contributed by atoms with Crippen LogP contribution in [0.5, 0.6) is 0 Å². The Kier molecular flexibility index (Phi) is 6.26. The van der Waals surface area contributed by atoms with Crippen molar-refractivity contribution in [3.05, 3.63) is 65.2 Å². The quantitative estimate of drug-likeness (QED) is 0.581. The highest BCUT2D eigenvalue weighted by Gasteiger charge is 2.14. The third-order valence-electron chi connectivity index (χ3n) is 3.68. The SMILES string of the molecule is O=C(Cc1csc(NC(=O)c2ccccc2F)n1)NCCCn1cccn1. The van der Waals surface area contributed by atoms with Crippen LogP contribution in [-0.4, -0.2) is 33.1 Å². The molecule has 2 aromatic heterocycles. The van der Waals surface area contributed by atoms with Crippen LogP contribution >= 0.6 is 11.3 Å². The highest BCUT2D eigenvalue weighted by molar-refractivity contribution is 7.14. The maximum Gasteiger partial charge on any atom is 0.260 e. The summed E-state index contributed by atoms with van der Waals surface area (Å²) in [6.07, 6.45) is 4.47. The average Bonchev–Trinajstić information content (AvgIpc) is 3.31. The fraction of sp³-hybridized carbons (Fsp3) is 0.222. The van der Waals surface area contributed by atoms with Crippen LogP contribution < -0.4 is 10.6 Å². The number of nitrogens with one attached hydrogen (secondary N) is 2. The molecule has 0 fully saturated rings. The summed E-state index contributed by atoms with van der Waals surface area (Å²) < 4.78 is 15.4. The lowest BCUT2D eigenvalue weighted by Crippen LogP contribution is -2.27. The summed E-state index contributed by atoms with van der Waals surface area (Å²) in [5, 5.41) is 11.5. The lowest BCUT2D eigenvalue weighted by atomic mass is 10.2. The molecule has 0 aliphatic heterocycles. The average molecular weight is 387 g/mol. The van der Waals surface area contributed by atoms with E-state index >= 15 is 0 Å². The molecule has 3 aromatic rings. The predicted molar refractivity (Wildman–Crippen MR) is 100 cm³/mol. The van der Waals surface area contributed by atoms with E-state index in [1.54, 1.807) is 22.3 Å². The van der Waals surface area contributed by atoms with Crippen molar-refractivity contribution in [3.63, 3.8) is 0 Å². The Balaban J connectivity index is 1.44. The van der Waals surface area contributed by atoms with E-state index in [0.717, 1.165) is 13.0 Å². The van der Waals surface area contributed by atoms with Crippen LogP contribution in [0.25, 0.3) is 0 Å². The van der Waals surface area contributed by atoms with Gasteiger partial charge in [-0.1, -0.05) is 12.1 Å². The van der Waals surface area contributed by atoms with Crippen LogP contribution in [0.15, 0.2) is 48.1 Å². The summed E-state index contributed by atoms with van der Waals surface area (Å²) in [6, 6.07) is 7.57. The number of amides is 2. The van der Waals surface area contributed by atoms with Gasteiger partial charge in [0, 0.05) is 30.9 Å². The van der Waals surface area contributed by atoms with Crippen molar-refractivity contribution < 1.29 is 14.0 Å². The first-order valence-corrected chi connectivity index (χ1v) is 9.24. The molecule has 7 nitrogen and oxygen atoms in total. The molecule has 1 aromatic carbocycles. The summed E-state index contributed by atoms with van der Waals surface area (Å²) in [6.45, 7) is 1.27. The number of rotatable bonds is 8. The summed E-state index contributed by atoms with van der Waals surface area (Å²) in [4.78, 5) is 28.2. The van der Waals surface area contributed by atoms with E-state index in [4.69, 9.17) is 0 Å². The van der Waals surface area contributed by atoms with Gasteiger partial charge in [0.25, 0.3) is 5.91 Å². The Morgan fingerprint density at radius 1 is 1.22 bits per heavy atom. The zero-order valence-electron chi connectivity index (χ0n) is 14.4. The van der Waals surface area contributed by atoms with Gasteiger partial charge in [-0.25, -0.2) is 9.37 Å². The Morgan fingerprint density at radius 2 is 2.07 bits per heavy atom. The van der Waals surface area contributed by atoms with Crippen molar-refractivity contribution in [2.75, 3.05) is 11.9 Å². The molecular formula is C18H18FN5O2S. The molecule has 9 heteroatoms. The highest BCUT2D eigenvalue weighted by Crippen LogP contribution is 2.17. The first-order valence-electron chi connectivity index (χ1n) is 8.36. The maximum absolute atomic E-state index is 13.6. The number of aromatic nitrogens is 3. The monoisotopic (exact) mass is 387 g/mol. The highest BCUT2D eigenvalue weighted by atomic mass is 32.1. The van der Waals surface area contributed by atoms with Gasteiger partial charge < -0.3 is 5.32 Å². The number of anilines is 1. The third-order valence-corrected chi connectivity index (χ3v) is 4.48. The maximum atomic E-state index is 13.6. The molecule has 2 amide bonds. The molecule has 0 aliphatic rings. The van der Waals surface area contributed by atoms with Crippen LogP contribution in [0.2, 0.25) is 0 Å². The number of benzene rings is 1. The molecule has 0 radical (unpaired) electrons. The zero-order chi connectivity index (χ0) is 19.1. The molecule has 27 heavy (non-hydrogen) atoms. The van der Waals surface area contributed by atoms with Crippen LogP contribution in [0.1, 0.15) is 22.5 Å². The van der Waals surface area contributed by atoms with E-state index in [1.165, 1.54) is 29.5 Å². The standard InChI is InChI=1S/C18H18FN5O2S/c19-15-6-2-1-5-14(15)17(26)23-18-22-13(12-27-18)11-16(25)20-7-3-9-24-10-4-8-21-24/h1-2,4-6,8,10,12H,3,7,9,11H2,(H,20,25)(H,22,23,26). The summed E-state index contributed by atoms with van der Waals surface area (Å²) >= 11 is 1.19. The Hall–Kier alpha value is -3.07. The molecular weight excluding hydrogens is 369 g/mol. The normalized spacial score (nSPS) is 10.6. The Bertz CT molecular complexity index is 910. The molecule has 3 rings (SSSR count). The van der Waals surface area contributed by atoms with E-state index in [-0.39, 0.29) is 17.9 Å². The van der Waals surface area contributed by atoms with Gasteiger partial charge in [0.1, 0.15) is 5.82 Å². The number of carbonyl (C=O) groups excluding carboxylic acids is 2. The lowest BCUT2D eigenvalue weighted by molar-refractivity contribution is -0.120. The van der Waals surface area contributed by atoms with Crippen molar-refractivity contribution >= 4 is 28.3 Å². The predicted octanol–water partition coefficient (Wildman–Crippen LogP) is 2.48. The van der Waals surface area contributed by atoms with Crippen LogP contribution in [-0.2, 0) is 17.8 Å². The zero-order valence-corrected chi connectivity index (χ0v) is 15.2. The summed E-state index contributed by atoms with van der Waals surface area (Å²) in [5.41, 5.74) is 0.498. The van der Waals surface area contributed by atoms with E-state index in [2.05, 4.69) is 20.7 Å². The fourth-order valence-electron chi connectivity index (χ4n) is 2.38. The van der Waals surface area contributed by atoms with Crippen molar-refractivity contribution in [2.45, 2.75) is 19.4 Å². The summed E-state index contributed by atoms with van der Waals surface area (Å²) in [5.74, 6) is -1.31. The van der Waals surface area contributed by atoms with Crippen molar-refractivity contribution in [3.8, 4) is 0 Å². The number of thiazole rings is 1. The molecule has 0 saturated carbocycles. The van der Waals surface area contributed by atoms with Gasteiger partial charge in [-0.05, 0) is 24.6 Å².